The van der Waals surface area contributed by atoms with Gasteiger partial charge in [-0.2, -0.15) is 0 Å². The summed E-state index contributed by atoms with van der Waals surface area (Å²) >= 11 is 0. The van der Waals surface area contributed by atoms with Crippen molar-refractivity contribution in [2.45, 2.75) is 85.2 Å². The van der Waals surface area contributed by atoms with E-state index in [2.05, 4.69) is 31.4 Å². The molecule has 2 amide bonds. The van der Waals surface area contributed by atoms with Crippen molar-refractivity contribution < 1.29 is 9.59 Å². The number of likely N-dealkylation sites (N-methyl/N-ethyl adjacent to an activating group) is 1. The molecule has 0 radical (unpaired) electrons. The summed E-state index contributed by atoms with van der Waals surface area (Å²) in [6.07, 6.45) is 5.71. The van der Waals surface area contributed by atoms with Crippen molar-refractivity contribution in [2.75, 3.05) is 20.1 Å². The highest BCUT2D eigenvalue weighted by atomic mass is 16.2. The van der Waals surface area contributed by atoms with E-state index in [1.807, 2.05) is 27.8 Å². The van der Waals surface area contributed by atoms with Crippen molar-refractivity contribution in [3.8, 4) is 0 Å². The summed E-state index contributed by atoms with van der Waals surface area (Å²) < 4.78 is 0. The Bertz CT molecular complexity index is 446. The van der Waals surface area contributed by atoms with Crippen molar-refractivity contribution in [2.24, 2.45) is 11.3 Å². The average molecular weight is 354 g/mol. The van der Waals surface area contributed by atoms with E-state index in [0.29, 0.717) is 5.41 Å². The van der Waals surface area contributed by atoms with Crippen LogP contribution in [0.3, 0.4) is 0 Å². The van der Waals surface area contributed by atoms with Crippen molar-refractivity contribution in [1.82, 2.24) is 15.5 Å². The fraction of sp³-hybridized carbons (Fsp3) is 0.900. The first-order valence-electron chi connectivity index (χ1n) is 9.72. The van der Waals surface area contributed by atoms with Gasteiger partial charge in [-0.05, 0) is 64.8 Å². The molecule has 5 heteroatoms. The predicted molar refractivity (Wildman–Crippen MR) is 103 cm³/mol. The number of amides is 2. The molecule has 0 saturated heterocycles. The van der Waals surface area contributed by atoms with Crippen molar-refractivity contribution in [3.63, 3.8) is 0 Å². The lowest BCUT2D eigenvalue weighted by atomic mass is 9.69. The van der Waals surface area contributed by atoms with Gasteiger partial charge in [0.05, 0.1) is 13.1 Å². The third kappa shape index (κ3) is 8.21. The number of nitrogens with one attached hydrogen (secondary N) is 2. The fourth-order valence-electron chi connectivity index (χ4n) is 3.59. The Balaban J connectivity index is 2.32. The Morgan fingerprint density at radius 2 is 1.48 bits per heavy atom. The predicted octanol–water partition coefficient (Wildman–Crippen LogP) is 2.94. The zero-order chi connectivity index (χ0) is 19.3. The molecular formula is C20H39N3O2. The summed E-state index contributed by atoms with van der Waals surface area (Å²) in [4.78, 5) is 25.9. The molecule has 0 atom stereocenters. The summed E-state index contributed by atoms with van der Waals surface area (Å²) in [6.45, 7) is 13.3. The molecule has 2 N–H and O–H groups in total. The van der Waals surface area contributed by atoms with Gasteiger partial charge in [0, 0.05) is 11.6 Å². The van der Waals surface area contributed by atoms with E-state index < -0.39 is 0 Å². The first kappa shape index (κ1) is 21.9. The Labute approximate surface area is 154 Å². The second kappa shape index (κ2) is 9.02. The molecular weight excluding hydrogens is 314 g/mol. The highest BCUT2D eigenvalue weighted by molar-refractivity contribution is 5.81. The lowest BCUT2D eigenvalue weighted by Gasteiger charge is -2.39. The van der Waals surface area contributed by atoms with Gasteiger partial charge in [0.1, 0.15) is 0 Å². The SMILES string of the molecule is CCC(C)(C)C1CCC(NC(=O)CN(C)CC(=O)NC(C)(C)C)CC1. The maximum absolute atomic E-state index is 12.2. The zero-order valence-corrected chi connectivity index (χ0v) is 17.4. The number of hydrogen-bond acceptors (Lipinski definition) is 3. The van der Waals surface area contributed by atoms with Gasteiger partial charge < -0.3 is 10.6 Å². The van der Waals surface area contributed by atoms with Crippen LogP contribution >= 0.6 is 0 Å². The van der Waals surface area contributed by atoms with E-state index in [-0.39, 0.29) is 36.5 Å². The number of hydrogen-bond donors (Lipinski definition) is 2. The zero-order valence-electron chi connectivity index (χ0n) is 17.4. The molecule has 25 heavy (non-hydrogen) atoms. The Hall–Kier alpha value is -1.10. The molecule has 1 saturated carbocycles. The molecule has 0 bridgehead atoms. The lowest BCUT2D eigenvalue weighted by molar-refractivity contribution is -0.125. The minimum atomic E-state index is -0.245. The molecule has 0 aromatic carbocycles. The van der Waals surface area contributed by atoms with Crippen LogP contribution in [-0.4, -0.2) is 48.4 Å². The van der Waals surface area contributed by atoms with Gasteiger partial charge in [-0.15, -0.1) is 0 Å². The van der Waals surface area contributed by atoms with E-state index in [9.17, 15) is 9.59 Å². The van der Waals surface area contributed by atoms with E-state index in [1.54, 1.807) is 4.90 Å². The van der Waals surface area contributed by atoms with E-state index in [0.717, 1.165) is 18.8 Å². The smallest absolute Gasteiger partial charge is 0.234 e. The molecule has 0 spiro atoms. The van der Waals surface area contributed by atoms with Gasteiger partial charge in [0.2, 0.25) is 11.8 Å². The van der Waals surface area contributed by atoms with Gasteiger partial charge in [-0.1, -0.05) is 27.2 Å². The molecule has 146 valence electrons. The average Bonchev–Trinajstić information content (AvgIpc) is 2.45. The van der Waals surface area contributed by atoms with E-state index in [1.165, 1.54) is 19.3 Å². The van der Waals surface area contributed by atoms with Crippen LogP contribution in [0.2, 0.25) is 0 Å². The maximum atomic E-state index is 12.2. The third-order valence-electron chi connectivity index (χ3n) is 5.45. The summed E-state index contributed by atoms with van der Waals surface area (Å²) in [6, 6.07) is 0.285. The Morgan fingerprint density at radius 1 is 0.960 bits per heavy atom. The number of carbonyl (C=O) groups is 2. The van der Waals surface area contributed by atoms with Crippen LogP contribution in [0.5, 0.6) is 0 Å². The maximum Gasteiger partial charge on any atom is 0.234 e. The van der Waals surface area contributed by atoms with Gasteiger partial charge in [-0.3, -0.25) is 14.5 Å². The number of carbonyl (C=O) groups excluding carboxylic acids is 2. The highest BCUT2D eigenvalue weighted by Gasteiger charge is 2.32. The molecule has 0 aromatic rings. The van der Waals surface area contributed by atoms with Crippen LogP contribution in [-0.2, 0) is 9.59 Å². The second-order valence-corrected chi connectivity index (χ2v) is 9.43. The van der Waals surface area contributed by atoms with Crippen molar-refractivity contribution in [1.29, 1.82) is 0 Å². The number of nitrogens with zero attached hydrogens (tertiary/aromatic N) is 1. The summed E-state index contributed by atoms with van der Waals surface area (Å²) in [7, 11) is 1.81. The molecule has 1 rings (SSSR count). The van der Waals surface area contributed by atoms with Crippen LogP contribution in [0.4, 0.5) is 0 Å². The molecule has 0 unspecified atom stereocenters. The second-order valence-electron chi connectivity index (χ2n) is 9.43. The summed E-state index contributed by atoms with van der Waals surface area (Å²) in [5, 5.41) is 6.07. The van der Waals surface area contributed by atoms with Gasteiger partial charge in [0.25, 0.3) is 0 Å². The van der Waals surface area contributed by atoms with E-state index >= 15 is 0 Å². The van der Waals surface area contributed by atoms with Crippen molar-refractivity contribution in [3.05, 3.63) is 0 Å². The number of rotatable bonds is 7. The minimum absolute atomic E-state index is 0.0178. The normalized spacial score (nSPS) is 21.9. The molecule has 1 aliphatic carbocycles. The van der Waals surface area contributed by atoms with Gasteiger partial charge in [-0.25, -0.2) is 0 Å². The van der Waals surface area contributed by atoms with E-state index in [4.69, 9.17) is 0 Å². The van der Waals surface area contributed by atoms with Crippen LogP contribution in [0.15, 0.2) is 0 Å². The molecule has 0 aliphatic heterocycles. The summed E-state index contributed by atoms with van der Waals surface area (Å²) in [5.74, 6) is 0.726. The largest absolute Gasteiger partial charge is 0.352 e. The highest BCUT2D eigenvalue weighted by Crippen LogP contribution is 2.40. The molecule has 1 aliphatic rings. The molecule has 5 nitrogen and oxygen atoms in total. The topological polar surface area (TPSA) is 61.4 Å². The van der Waals surface area contributed by atoms with Crippen molar-refractivity contribution >= 4 is 11.8 Å². The Morgan fingerprint density at radius 3 is 1.96 bits per heavy atom. The molecule has 0 aromatic heterocycles. The Kier molecular flexibility index (Phi) is 7.91. The van der Waals surface area contributed by atoms with Crippen LogP contribution < -0.4 is 10.6 Å². The van der Waals surface area contributed by atoms with Gasteiger partial charge in [0.15, 0.2) is 0 Å². The first-order chi connectivity index (χ1) is 11.4. The minimum Gasteiger partial charge on any atom is -0.352 e. The monoisotopic (exact) mass is 353 g/mol. The van der Waals surface area contributed by atoms with Crippen LogP contribution in [0, 0.1) is 11.3 Å². The van der Waals surface area contributed by atoms with Crippen LogP contribution in [0.25, 0.3) is 0 Å². The third-order valence-corrected chi connectivity index (χ3v) is 5.45. The molecule has 0 heterocycles. The standard InChI is InChI=1S/C20H39N3O2/c1-8-20(5,6)15-9-11-16(12-10-15)21-17(24)13-23(7)14-18(25)22-19(2,3)4/h15-16H,8-14H2,1-7H3,(H,21,24)(H,22,25). The fourth-order valence-corrected chi connectivity index (χ4v) is 3.59. The summed E-state index contributed by atoms with van der Waals surface area (Å²) in [5.41, 5.74) is 0.153. The van der Waals surface area contributed by atoms with Gasteiger partial charge >= 0.3 is 0 Å². The van der Waals surface area contributed by atoms with Crippen LogP contribution in [0.1, 0.15) is 73.6 Å². The lowest BCUT2D eigenvalue weighted by Crippen LogP contribution is -2.48. The molecule has 1 fully saturated rings. The first-order valence-corrected chi connectivity index (χ1v) is 9.72. The quantitative estimate of drug-likeness (QED) is 0.740.